The van der Waals surface area contributed by atoms with Crippen molar-refractivity contribution in [2.45, 2.75) is 19.5 Å². The fourth-order valence-corrected chi connectivity index (χ4v) is 2.88. The van der Waals surface area contributed by atoms with E-state index in [0.717, 1.165) is 25.3 Å². The second-order valence-electron chi connectivity index (χ2n) is 5.89. The van der Waals surface area contributed by atoms with Crippen molar-refractivity contribution in [3.8, 4) is 0 Å². The molecule has 1 fully saturated rings. The highest BCUT2D eigenvalue weighted by atomic mass is 19.1. The summed E-state index contributed by atoms with van der Waals surface area (Å²) < 4.78 is 13.8. The lowest BCUT2D eigenvalue weighted by Gasteiger charge is -2.37. The molecule has 3 rings (SSSR count). The fourth-order valence-electron chi connectivity index (χ4n) is 2.88. The van der Waals surface area contributed by atoms with Gasteiger partial charge in [0, 0.05) is 49.4 Å². The van der Waals surface area contributed by atoms with Crippen LogP contribution in [0.15, 0.2) is 29.1 Å². The molecule has 5 heteroatoms. The Bertz CT molecular complexity index is 712. The van der Waals surface area contributed by atoms with Crippen LogP contribution < -0.4 is 5.43 Å². The molecule has 2 aromatic rings. The zero-order valence-corrected chi connectivity index (χ0v) is 12.4. The van der Waals surface area contributed by atoms with Gasteiger partial charge in [-0.2, -0.15) is 0 Å². The van der Waals surface area contributed by atoms with E-state index in [4.69, 9.17) is 0 Å². The maximum Gasteiger partial charge on any atom is 0.189 e. The Morgan fingerprint density at radius 3 is 2.95 bits per heavy atom. The number of aromatic amines is 1. The van der Waals surface area contributed by atoms with Crippen LogP contribution in [0, 0.1) is 5.82 Å². The van der Waals surface area contributed by atoms with Crippen molar-refractivity contribution < 1.29 is 4.39 Å². The maximum absolute atomic E-state index is 13.8. The molecule has 0 aliphatic carbocycles. The van der Waals surface area contributed by atoms with E-state index in [1.165, 1.54) is 6.07 Å². The average molecular weight is 289 g/mol. The summed E-state index contributed by atoms with van der Waals surface area (Å²) in [5.74, 6) is -0.377. The number of nitrogens with one attached hydrogen (secondary N) is 1. The molecule has 1 aromatic heterocycles. The lowest BCUT2D eigenvalue weighted by molar-refractivity contribution is 0.0991. The van der Waals surface area contributed by atoms with Crippen molar-refractivity contribution in [3.05, 3.63) is 46.0 Å². The largest absolute Gasteiger partial charge is 0.355 e. The molecule has 0 amide bonds. The van der Waals surface area contributed by atoms with Gasteiger partial charge in [0.15, 0.2) is 5.43 Å². The van der Waals surface area contributed by atoms with Crippen LogP contribution in [0.1, 0.15) is 12.6 Å². The third-order valence-electron chi connectivity index (χ3n) is 4.31. The van der Waals surface area contributed by atoms with E-state index < -0.39 is 0 Å². The second-order valence-corrected chi connectivity index (χ2v) is 5.89. The molecular formula is C16H20FN3O. The van der Waals surface area contributed by atoms with Crippen LogP contribution in [-0.2, 0) is 6.54 Å². The van der Waals surface area contributed by atoms with Gasteiger partial charge in [-0.15, -0.1) is 0 Å². The highest BCUT2D eigenvalue weighted by Crippen LogP contribution is 2.15. The molecule has 4 nitrogen and oxygen atoms in total. The third kappa shape index (κ3) is 2.84. The van der Waals surface area contributed by atoms with E-state index >= 15 is 0 Å². The lowest BCUT2D eigenvalue weighted by Crippen LogP contribution is -2.49. The number of fused-ring (bicyclic) bond motifs is 1. The first-order valence-corrected chi connectivity index (χ1v) is 7.27. The molecule has 1 atom stereocenters. The van der Waals surface area contributed by atoms with Crippen LogP contribution in [0.25, 0.3) is 10.9 Å². The molecule has 1 N–H and O–H groups in total. The zero-order valence-electron chi connectivity index (χ0n) is 12.4. The number of hydrogen-bond donors (Lipinski definition) is 1. The first-order valence-electron chi connectivity index (χ1n) is 7.27. The fraction of sp³-hybridized carbons (Fsp3) is 0.438. The zero-order chi connectivity index (χ0) is 15.0. The number of hydrogen-bond acceptors (Lipinski definition) is 3. The smallest absolute Gasteiger partial charge is 0.189 e. The number of piperazine rings is 1. The van der Waals surface area contributed by atoms with Gasteiger partial charge < -0.3 is 9.88 Å². The number of pyridine rings is 1. The molecule has 2 heterocycles. The number of para-hydroxylation sites is 1. The second kappa shape index (κ2) is 5.58. The minimum atomic E-state index is -0.377. The standard InChI is InChI=1S/C16H20FN3O/c1-11-9-20(7-6-19(11)2)10-12-8-15(21)13-4-3-5-14(17)16(13)18-12/h3-5,8,11H,6-7,9-10H2,1-2H3,(H,18,21). The summed E-state index contributed by atoms with van der Waals surface area (Å²) in [4.78, 5) is 19.8. The van der Waals surface area contributed by atoms with Gasteiger partial charge in [-0.1, -0.05) is 6.07 Å². The van der Waals surface area contributed by atoms with Gasteiger partial charge in [0.2, 0.25) is 0 Å². The SMILES string of the molecule is CC1CN(Cc2cc(=O)c3cccc(F)c3[nH]2)CCN1C. The van der Waals surface area contributed by atoms with Gasteiger partial charge in [0.25, 0.3) is 0 Å². The first-order chi connectivity index (χ1) is 10.0. The molecular weight excluding hydrogens is 269 g/mol. The first kappa shape index (κ1) is 14.2. The van der Waals surface area contributed by atoms with Gasteiger partial charge in [-0.25, -0.2) is 4.39 Å². The Labute approximate surface area is 123 Å². The van der Waals surface area contributed by atoms with E-state index in [2.05, 4.69) is 28.8 Å². The molecule has 112 valence electrons. The van der Waals surface area contributed by atoms with E-state index in [9.17, 15) is 9.18 Å². The molecule has 1 aliphatic rings. The van der Waals surface area contributed by atoms with Crippen molar-refractivity contribution in [2.75, 3.05) is 26.7 Å². The summed E-state index contributed by atoms with van der Waals surface area (Å²) >= 11 is 0. The Kier molecular flexibility index (Phi) is 3.78. The van der Waals surface area contributed by atoms with E-state index in [-0.39, 0.29) is 11.2 Å². The van der Waals surface area contributed by atoms with Crippen molar-refractivity contribution in [2.24, 2.45) is 0 Å². The average Bonchev–Trinajstić information content (AvgIpc) is 2.44. The Balaban J connectivity index is 1.88. The Hall–Kier alpha value is -1.72. The van der Waals surface area contributed by atoms with E-state index in [1.807, 2.05) is 0 Å². The highest BCUT2D eigenvalue weighted by molar-refractivity contribution is 5.78. The number of rotatable bonds is 2. The minimum Gasteiger partial charge on any atom is -0.355 e. The van der Waals surface area contributed by atoms with Crippen LogP contribution in [0.5, 0.6) is 0 Å². The molecule has 1 aliphatic heterocycles. The van der Waals surface area contributed by atoms with Crippen molar-refractivity contribution in [1.82, 2.24) is 14.8 Å². The predicted octanol–water partition coefficient (Wildman–Crippen LogP) is 1.80. The van der Waals surface area contributed by atoms with Crippen LogP contribution in [0.3, 0.4) is 0 Å². The van der Waals surface area contributed by atoms with Crippen LogP contribution in [0.2, 0.25) is 0 Å². The van der Waals surface area contributed by atoms with Gasteiger partial charge in [-0.05, 0) is 26.1 Å². The summed E-state index contributed by atoms with van der Waals surface area (Å²) in [5.41, 5.74) is 0.956. The molecule has 0 spiro atoms. The van der Waals surface area contributed by atoms with Crippen molar-refractivity contribution >= 4 is 10.9 Å². The maximum atomic E-state index is 13.8. The Morgan fingerprint density at radius 2 is 2.19 bits per heavy atom. The number of nitrogens with zero attached hydrogens (tertiary/aromatic N) is 2. The van der Waals surface area contributed by atoms with Crippen LogP contribution in [-0.4, -0.2) is 47.5 Å². The molecule has 1 aromatic carbocycles. The van der Waals surface area contributed by atoms with Gasteiger partial charge in [0.05, 0.1) is 5.52 Å². The summed E-state index contributed by atoms with van der Waals surface area (Å²) in [6.07, 6.45) is 0. The number of likely N-dealkylation sites (N-methyl/N-ethyl adjacent to an activating group) is 1. The quantitative estimate of drug-likeness (QED) is 0.916. The van der Waals surface area contributed by atoms with E-state index in [1.54, 1.807) is 18.2 Å². The molecule has 0 bridgehead atoms. The highest BCUT2D eigenvalue weighted by Gasteiger charge is 2.21. The summed E-state index contributed by atoms with van der Waals surface area (Å²) in [6.45, 7) is 5.76. The normalized spacial score (nSPS) is 21.0. The third-order valence-corrected chi connectivity index (χ3v) is 4.31. The molecule has 0 saturated carbocycles. The number of aromatic nitrogens is 1. The van der Waals surface area contributed by atoms with Gasteiger partial charge in [-0.3, -0.25) is 9.69 Å². The number of halogens is 1. The summed E-state index contributed by atoms with van der Waals surface area (Å²) in [6, 6.07) is 6.67. The van der Waals surface area contributed by atoms with Gasteiger partial charge in [0.1, 0.15) is 5.82 Å². The number of H-pyrrole nitrogens is 1. The van der Waals surface area contributed by atoms with Crippen molar-refractivity contribution in [3.63, 3.8) is 0 Å². The van der Waals surface area contributed by atoms with Gasteiger partial charge >= 0.3 is 0 Å². The summed E-state index contributed by atoms with van der Waals surface area (Å²) in [7, 11) is 2.12. The molecule has 0 radical (unpaired) electrons. The van der Waals surface area contributed by atoms with E-state index in [0.29, 0.717) is 23.5 Å². The molecule has 1 saturated heterocycles. The molecule has 1 unspecified atom stereocenters. The van der Waals surface area contributed by atoms with Crippen LogP contribution >= 0.6 is 0 Å². The molecule has 21 heavy (non-hydrogen) atoms. The minimum absolute atomic E-state index is 0.125. The number of benzene rings is 1. The van der Waals surface area contributed by atoms with Crippen LogP contribution in [0.4, 0.5) is 4.39 Å². The summed E-state index contributed by atoms with van der Waals surface area (Å²) in [5, 5.41) is 0.408. The monoisotopic (exact) mass is 289 g/mol. The Morgan fingerprint density at radius 1 is 1.38 bits per heavy atom. The predicted molar refractivity (Wildman–Crippen MR) is 81.9 cm³/mol. The van der Waals surface area contributed by atoms with Crippen molar-refractivity contribution in [1.29, 1.82) is 0 Å². The lowest BCUT2D eigenvalue weighted by atomic mass is 10.1. The topological polar surface area (TPSA) is 39.3 Å².